The van der Waals surface area contributed by atoms with Gasteiger partial charge in [-0.1, -0.05) is 18.2 Å². The van der Waals surface area contributed by atoms with E-state index in [1.54, 1.807) is 23.5 Å². The molecule has 2 N–H and O–H groups in total. The van der Waals surface area contributed by atoms with Gasteiger partial charge in [-0.2, -0.15) is 13.0 Å². The van der Waals surface area contributed by atoms with Gasteiger partial charge in [0.05, 0.1) is 11.2 Å². The van der Waals surface area contributed by atoms with Crippen LogP contribution >= 0.6 is 22.7 Å². The van der Waals surface area contributed by atoms with Crippen molar-refractivity contribution < 1.29 is 22.7 Å². The third kappa shape index (κ3) is 5.57. The van der Waals surface area contributed by atoms with Gasteiger partial charge in [0, 0.05) is 44.0 Å². The number of fused-ring (bicyclic) bond motifs is 1. The lowest BCUT2D eigenvalue weighted by atomic mass is 9.80. The Balaban J connectivity index is 1.34. The molecule has 3 heterocycles. The number of aromatic hydroxyl groups is 1. The highest BCUT2D eigenvalue weighted by Gasteiger charge is 2.44. The lowest BCUT2D eigenvalue weighted by Gasteiger charge is -2.17. The van der Waals surface area contributed by atoms with Crippen molar-refractivity contribution in [2.24, 2.45) is 0 Å². The van der Waals surface area contributed by atoms with Crippen LogP contribution < -0.4 is 0 Å². The average molecular weight is 553 g/mol. The van der Waals surface area contributed by atoms with Crippen molar-refractivity contribution in [2.45, 2.75) is 38.5 Å². The van der Waals surface area contributed by atoms with Gasteiger partial charge in [0.1, 0.15) is 12.3 Å². The first-order valence-electron chi connectivity index (χ1n) is 12.3. The fraction of sp³-hybridized carbons (Fsp3) is 0.276. The van der Waals surface area contributed by atoms with Crippen molar-refractivity contribution >= 4 is 44.2 Å². The minimum absolute atomic E-state index is 0.151. The van der Waals surface area contributed by atoms with E-state index in [1.807, 2.05) is 29.5 Å². The Kier molecular flexibility index (Phi) is 7.11. The zero-order chi connectivity index (χ0) is 26.2. The third-order valence-corrected chi connectivity index (χ3v) is 10.2. The van der Waals surface area contributed by atoms with Gasteiger partial charge >= 0.3 is 0 Å². The fourth-order valence-electron chi connectivity index (χ4n) is 5.12. The second kappa shape index (κ2) is 10.2. The molecule has 8 heteroatoms. The number of benzene rings is 2. The van der Waals surface area contributed by atoms with Crippen LogP contribution in [0.25, 0.3) is 20.2 Å². The van der Waals surface area contributed by atoms with Gasteiger partial charge in [0.15, 0.2) is 5.71 Å². The number of thiophene rings is 2. The number of phenols is 1. The van der Waals surface area contributed by atoms with Crippen molar-refractivity contribution in [1.29, 1.82) is 0 Å². The van der Waals surface area contributed by atoms with E-state index in [0.29, 0.717) is 13.0 Å². The molecular formula is C29H30NO4S3+. The number of phenolic OH excluding ortho intramolecular Hbond substituents is 1. The van der Waals surface area contributed by atoms with Crippen molar-refractivity contribution in [3.8, 4) is 25.9 Å². The van der Waals surface area contributed by atoms with Crippen LogP contribution in [0, 0.1) is 0 Å². The molecule has 2 aromatic heterocycles. The van der Waals surface area contributed by atoms with Crippen molar-refractivity contribution in [1.82, 2.24) is 0 Å². The van der Waals surface area contributed by atoms with Crippen LogP contribution in [-0.2, 0) is 22.0 Å². The minimum Gasteiger partial charge on any atom is -0.508 e. The third-order valence-electron chi connectivity index (χ3n) is 6.97. The summed E-state index contributed by atoms with van der Waals surface area (Å²) < 4.78 is 34.1. The number of para-hydroxylation sites is 1. The van der Waals surface area contributed by atoms with Gasteiger partial charge in [-0.3, -0.25) is 4.55 Å². The van der Waals surface area contributed by atoms with E-state index >= 15 is 0 Å². The SMILES string of the molecule is CC1(C)C(CCc2ccc(-c3ccc(-c4ccc(O)cc4)s3)s2)=[N+](CCCS(=O)(=O)O)c2ccccc21. The summed E-state index contributed by atoms with van der Waals surface area (Å²) in [5.74, 6) is 0.0347. The van der Waals surface area contributed by atoms with Crippen LogP contribution in [0.5, 0.6) is 5.75 Å². The van der Waals surface area contributed by atoms with Crippen molar-refractivity contribution in [2.75, 3.05) is 12.3 Å². The van der Waals surface area contributed by atoms with Crippen LogP contribution in [0.1, 0.15) is 37.1 Å². The molecule has 0 radical (unpaired) electrons. The molecule has 0 bridgehead atoms. The van der Waals surface area contributed by atoms with Gasteiger partial charge in [-0.15, -0.1) is 22.7 Å². The van der Waals surface area contributed by atoms with Gasteiger partial charge < -0.3 is 5.11 Å². The molecule has 1 aliphatic rings. The Labute approximate surface area is 226 Å². The number of hydrogen-bond acceptors (Lipinski definition) is 5. The van der Waals surface area contributed by atoms with Gasteiger partial charge in [-0.05, 0) is 74.4 Å². The molecule has 0 unspecified atom stereocenters. The molecule has 2 aromatic carbocycles. The largest absolute Gasteiger partial charge is 0.508 e. The molecule has 4 aromatic rings. The van der Waals surface area contributed by atoms with E-state index in [4.69, 9.17) is 0 Å². The predicted octanol–water partition coefficient (Wildman–Crippen LogP) is 7.14. The first-order chi connectivity index (χ1) is 17.6. The van der Waals surface area contributed by atoms with E-state index in [1.165, 1.54) is 30.8 Å². The molecule has 0 aliphatic carbocycles. The molecule has 37 heavy (non-hydrogen) atoms. The molecule has 0 amide bonds. The molecule has 0 atom stereocenters. The van der Waals surface area contributed by atoms with E-state index in [0.717, 1.165) is 24.1 Å². The number of rotatable bonds is 9. The molecule has 5 nitrogen and oxygen atoms in total. The Bertz CT molecular complexity index is 1560. The van der Waals surface area contributed by atoms with Crippen LogP contribution in [0.2, 0.25) is 0 Å². The van der Waals surface area contributed by atoms with E-state index < -0.39 is 10.1 Å². The molecule has 0 spiro atoms. The highest BCUT2D eigenvalue weighted by molar-refractivity contribution is 7.85. The maximum absolute atomic E-state index is 11.3. The Morgan fingerprint density at radius 2 is 1.51 bits per heavy atom. The summed E-state index contributed by atoms with van der Waals surface area (Å²) in [7, 11) is -3.98. The number of aryl methyl sites for hydroxylation is 1. The molecular weight excluding hydrogens is 523 g/mol. The van der Waals surface area contributed by atoms with E-state index in [2.05, 4.69) is 60.9 Å². The number of nitrogens with zero attached hydrogens (tertiary/aromatic N) is 1. The molecule has 0 fully saturated rings. The maximum atomic E-state index is 11.3. The second-order valence-corrected chi connectivity index (χ2v) is 13.7. The standard InChI is InChI=1S/C29H29NO4S3/c1-29(2)23-6-3-4-7-24(23)30(18-5-19-37(32,33)34)28(29)17-13-22-12-14-26(35-22)27-16-15-25(36-27)20-8-10-21(31)11-9-20/h3-4,6-12,14-16H,5,13,17-19H2,1-2H3,(H-,31,32,33,34)/p+1. The summed E-state index contributed by atoms with van der Waals surface area (Å²) in [6.07, 6.45) is 2.15. The molecule has 0 saturated carbocycles. The summed E-state index contributed by atoms with van der Waals surface area (Å²) in [6, 6.07) is 24.3. The zero-order valence-electron chi connectivity index (χ0n) is 20.8. The monoisotopic (exact) mass is 552 g/mol. The average Bonchev–Trinajstić information content (AvgIpc) is 3.56. The topological polar surface area (TPSA) is 77.6 Å². The Morgan fingerprint density at radius 3 is 2.27 bits per heavy atom. The van der Waals surface area contributed by atoms with Crippen molar-refractivity contribution in [3.05, 3.63) is 83.2 Å². The molecule has 5 rings (SSSR count). The van der Waals surface area contributed by atoms with Gasteiger partial charge in [0.25, 0.3) is 10.1 Å². The molecule has 1 aliphatic heterocycles. The first kappa shape index (κ1) is 25.9. The predicted molar refractivity (Wildman–Crippen MR) is 153 cm³/mol. The normalized spacial score (nSPS) is 14.8. The van der Waals surface area contributed by atoms with Crippen LogP contribution in [0.4, 0.5) is 5.69 Å². The second-order valence-electron chi connectivity index (χ2n) is 9.86. The van der Waals surface area contributed by atoms with Crippen LogP contribution in [0.15, 0.2) is 72.8 Å². The van der Waals surface area contributed by atoms with Crippen LogP contribution in [-0.4, -0.2) is 40.7 Å². The number of hydrogen-bond donors (Lipinski definition) is 2. The lowest BCUT2D eigenvalue weighted by molar-refractivity contribution is -0.439. The molecule has 192 valence electrons. The highest BCUT2D eigenvalue weighted by Crippen LogP contribution is 2.42. The summed E-state index contributed by atoms with van der Waals surface area (Å²) in [6.45, 7) is 5.03. The Morgan fingerprint density at radius 1 is 0.838 bits per heavy atom. The summed E-state index contributed by atoms with van der Waals surface area (Å²) in [5.41, 5.74) is 4.61. The minimum atomic E-state index is -3.98. The molecule has 0 saturated heterocycles. The fourth-order valence-corrected chi connectivity index (χ4v) is 7.72. The maximum Gasteiger partial charge on any atom is 0.265 e. The van der Waals surface area contributed by atoms with Gasteiger partial charge in [-0.25, -0.2) is 0 Å². The summed E-state index contributed by atoms with van der Waals surface area (Å²) >= 11 is 3.56. The summed E-state index contributed by atoms with van der Waals surface area (Å²) in [5, 5.41) is 9.56. The quantitative estimate of drug-likeness (QED) is 0.171. The smallest absolute Gasteiger partial charge is 0.265 e. The van der Waals surface area contributed by atoms with E-state index in [-0.39, 0.29) is 16.9 Å². The first-order valence-corrected chi connectivity index (χ1v) is 15.5. The van der Waals surface area contributed by atoms with Crippen molar-refractivity contribution in [3.63, 3.8) is 0 Å². The highest BCUT2D eigenvalue weighted by atomic mass is 32.2. The van der Waals surface area contributed by atoms with Gasteiger partial charge in [0.2, 0.25) is 5.69 Å². The zero-order valence-corrected chi connectivity index (χ0v) is 23.3. The lowest BCUT2D eigenvalue weighted by Crippen LogP contribution is -2.30. The summed E-state index contributed by atoms with van der Waals surface area (Å²) in [4.78, 5) is 4.96. The Hall–Kier alpha value is -2.78. The van der Waals surface area contributed by atoms with Crippen LogP contribution in [0.3, 0.4) is 0 Å². The van der Waals surface area contributed by atoms with E-state index in [9.17, 15) is 18.1 Å².